The van der Waals surface area contributed by atoms with Gasteiger partial charge in [-0.3, -0.25) is 4.57 Å². The summed E-state index contributed by atoms with van der Waals surface area (Å²) < 4.78 is 25.8. The molecule has 0 aliphatic carbocycles. The summed E-state index contributed by atoms with van der Waals surface area (Å²) in [4.78, 5) is 15.3. The Labute approximate surface area is 127 Å². The summed E-state index contributed by atoms with van der Waals surface area (Å²) in [5.41, 5.74) is 5.50. The van der Waals surface area contributed by atoms with Crippen LogP contribution in [0.1, 0.15) is 5.56 Å². The molecule has 0 spiro atoms. The van der Waals surface area contributed by atoms with Gasteiger partial charge in [-0.25, -0.2) is 18.2 Å². The molecular formula is C13H13N3O3S2. The Kier molecular flexibility index (Phi) is 4.49. The lowest BCUT2D eigenvalue weighted by Crippen LogP contribution is -2.25. The molecule has 21 heavy (non-hydrogen) atoms. The first-order valence-corrected chi connectivity index (χ1v) is 8.10. The first-order chi connectivity index (χ1) is 9.90. The highest BCUT2D eigenvalue weighted by atomic mass is 32.2. The van der Waals surface area contributed by atoms with E-state index < -0.39 is 15.5 Å². The van der Waals surface area contributed by atoms with Crippen LogP contribution in [0.15, 0.2) is 52.4 Å². The number of rotatable bonds is 5. The molecule has 0 fully saturated rings. The molecule has 1 aromatic heterocycles. The number of sulfone groups is 1. The second kappa shape index (κ2) is 6.15. The zero-order valence-corrected chi connectivity index (χ0v) is 12.6. The number of thiocarbonyl (C=S) groups is 1. The fraction of sp³-hybridized carbons (Fsp3) is 0.154. The zero-order valence-electron chi connectivity index (χ0n) is 11.0. The third-order valence-electron chi connectivity index (χ3n) is 2.86. The Morgan fingerprint density at radius 3 is 2.76 bits per heavy atom. The molecule has 1 aromatic carbocycles. The third-order valence-corrected chi connectivity index (χ3v) is 4.79. The van der Waals surface area contributed by atoms with Crippen molar-refractivity contribution in [1.29, 1.82) is 0 Å². The van der Waals surface area contributed by atoms with Crippen molar-refractivity contribution in [2.75, 3.05) is 5.75 Å². The lowest BCUT2D eigenvalue weighted by molar-refractivity contribution is 0.585. The molecule has 0 unspecified atom stereocenters. The van der Waals surface area contributed by atoms with E-state index in [9.17, 15) is 13.2 Å². The van der Waals surface area contributed by atoms with Gasteiger partial charge in [0.1, 0.15) is 4.99 Å². The summed E-state index contributed by atoms with van der Waals surface area (Å²) >= 11 is 4.83. The van der Waals surface area contributed by atoms with Gasteiger partial charge in [0.2, 0.25) is 0 Å². The van der Waals surface area contributed by atoms with E-state index >= 15 is 0 Å². The van der Waals surface area contributed by atoms with Gasteiger partial charge in [-0.1, -0.05) is 24.4 Å². The molecule has 6 nitrogen and oxygen atoms in total. The van der Waals surface area contributed by atoms with Gasteiger partial charge in [0, 0.05) is 24.5 Å². The number of benzene rings is 1. The Bertz CT molecular complexity index is 828. The number of aryl methyl sites for hydroxylation is 1. The summed E-state index contributed by atoms with van der Waals surface area (Å²) in [5.74, 6) is -0.209. The van der Waals surface area contributed by atoms with Crippen molar-refractivity contribution in [3.63, 3.8) is 0 Å². The maximum absolute atomic E-state index is 12.3. The average molecular weight is 323 g/mol. The number of hydrogen-bond acceptors (Lipinski definition) is 5. The van der Waals surface area contributed by atoms with Gasteiger partial charge < -0.3 is 5.73 Å². The minimum Gasteiger partial charge on any atom is -0.389 e. The topological polar surface area (TPSA) is 95.1 Å². The first kappa shape index (κ1) is 15.3. The predicted octanol–water partition coefficient (Wildman–Crippen LogP) is 0.351. The highest BCUT2D eigenvalue weighted by Crippen LogP contribution is 2.13. The highest BCUT2D eigenvalue weighted by molar-refractivity contribution is 7.91. The number of nitrogens with zero attached hydrogens (tertiary/aromatic N) is 2. The normalized spacial score (nSPS) is 11.2. The molecule has 2 N–H and O–H groups in total. The van der Waals surface area contributed by atoms with E-state index in [0.29, 0.717) is 5.56 Å². The third kappa shape index (κ3) is 3.73. The zero-order chi connectivity index (χ0) is 15.5. The van der Waals surface area contributed by atoms with Crippen molar-refractivity contribution in [2.24, 2.45) is 5.73 Å². The van der Waals surface area contributed by atoms with Gasteiger partial charge in [0.05, 0.1) is 10.6 Å². The molecular weight excluding hydrogens is 310 g/mol. The van der Waals surface area contributed by atoms with Crippen molar-refractivity contribution in [3.8, 4) is 0 Å². The monoisotopic (exact) mass is 323 g/mol. The van der Waals surface area contributed by atoms with Crippen LogP contribution < -0.4 is 11.4 Å². The van der Waals surface area contributed by atoms with Gasteiger partial charge in [-0.2, -0.15) is 0 Å². The second-order valence-corrected chi connectivity index (χ2v) is 6.86. The van der Waals surface area contributed by atoms with Crippen LogP contribution in [0.2, 0.25) is 0 Å². The molecule has 2 rings (SSSR count). The summed E-state index contributed by atoms with van der Waals surface area (Å²) in [6, 6.07) is 7.71. The van der Waals surface area contributed by atoms with Gasteiger partial charge in [0.25, 0.3) is 0 Å². The van der Waals surface area contributed by atoms with Crippen molar-refractivity contribution in [2.45, 2.75) is 11.4 Å². The Morgan fingerprint density at radius 2 is 2.10 bits per heavy atom. The Balaban J connectivity index is 2.23. The largest absolute Gasteiger partial charge is 0.389 e. The SMILES string of the molecule is NC(=S)c1cccc(S(=O)(=O)CCn2cccnc2=O)c1. The van der Waals surface area contributed by atoms with E-state index in [1.807, 2.05) is 0 Å². The molecule has 0 aliphatic heterocycles. The summed E-state index contributed by atoms with van der Waals surface area (Å²) in [6.07, 6.45) is 2.86. The van der Waals surface area contributed by atoms with E-state index in [1.165, 1.54) is 29.1 Å². The van der Waals surface area contributed by atoms with Gasteiger partial charge >= 0.3 is 5.69 Å². The number of aromatic nitrogens is 2. The van der Waals surface area contributed by atoms with Crippen LogP contribution in [0, 0.1) is 0 Å². The van der Waals surface area contributed by atoms with Gasteiger partial charge in [0.15, 0.2) is 9.84 Å². The predicted molar refractivity (Wildman–Crippen MR) is 82.9 cm³/mol. The summed E-state index contributed by atoms with van der Waals surface area (Å²) in [5, 5.41) is 0. The van der Waals surface area contributed by atoms with E-state index in [2.05, 4.69) is 4.98 Å². The van der Waals surface area contributed by atoms with Crippen LogP contribution in [-0.4, -0.2) is 28.7 Å². The fourth-order valence-electron chi connectivity index (χ4n) is 1.74. The highest BCUT2D eigenvalue weighted by Gasteiger charge is 2.15. The van der Waals surface area contributed by atoms with Crippen LogP contribution >= 0.6 is 12.2 Å². The number of hydrogen-bond donors (Lipinski definition) is 1. The smallest absolute Gasteiger partial charge is 0.347 e. The van der Waals surface area contributed by atoms with Gasteiger partial charge in [-0.05, 0) is 18.2 Å². The van der Waals surface area contributed by atoms with Crippen LogP contribution in [0.4, 0.5) is 0 Å². The van der Waals surface area contributed by atoms with Crippen molar-refractivity contribution in [1.82, 2.24) is 9.55 Å². The van der Waals surface area contributed by atoms with Crippen molar-refractivity contribution >= 4 is 27.0 Å². The van der Waals surface area contributed by atoms with Gasteiger partial charge in [-0.15, -0.1) is 0 Å². The van der Waals surface area contributed by atoms with E-state index in [-0.39, 0.29) is 22.2 Å². The molecule has 1 heterocycles. The molecule has 110 valence electrons. The standard InChI is InChI=1S/C13H13N3O3S2/c14-12(20)10-3-1-4-11(9-10)21(18,19)8-7-16-6-2-5-15-13(16)17/h1-6,9H,7-8H2,(H2,14,20). The Hall–Kier alpha value is -2.06. The number of nitrogens with two attached hydrogens (primary N) is 1. The first-order valence-electron chi connectivity index (χ1n) is 6.04. The maximum Gasteiger partial charge on any atom is 0.347 e. The van der Waals surface area contributed by atoms with Crippen LogP contribution in [0.5, 0.6) is 0 Å². The minimum absolute atomic E-state index is 0.0340. The molecule has 0 saturated carbocycles. The second-order valence-electron chi connectivity index (χ2n) is 4.31. The quantitative estimate of drug-likeness (QED) is 0.798. The molecule has 2 aromatic rings. The van der Waals surface area contributed by atoms with E-state index in [1.54, 1.807) is 18.2 Å². The summed E-state index contributed by atoms with van der Waals surface area (Å²) in [7, 11) is -3.53. The molecule has 0 amide bonds. The maximum atomic E-state index is 12.3. The van der Waals surface area contributed by atoms with Crippen LogP contribution in [0.3, 0.4) is 0 Å². The Morgan fingerprint density at radius 1 is 1.33 bits per heavy atom. The molecule has 8 heteroatoms. The molecule has 0 radical (unpaired) electrons. The van der Waals surface area contributed by atoms with Crippen molar-refractivity contribution in [3.05, 3.63) is 58.8 Å². The summed E-state index contributed by atoms with van der Waals surface area (Å²) in [6.45, 7) is 0.0340. The molecule has 0 bridgehead atoms. The molecule has 0 saturated heterocycles. The van der Waals surface area contributed by atoms with Crippen LogP contribution in [-0.2, 0) is 16.4 Å². The average Bonchev–Trinajstić information content (AvgIpc) is 2.46. The van der Waals surface area contributed by atoms with Crippen molar-refractivity contribution < 1.29 is 8.42 Å². The van der Waals surface area contributed by atoms with E-state index in [0.717, 1.165) is 0 Å². The molecule has 0 aliphatic rings. The minimum atomic E-state index is -3.53. The van der Waals surface area contributed by atoms with E-state index in [4.69, 9.17) is 18.0 Å². The lowest BCUT2D eigenvalue weighted by atomic mass is 10.2. The molecule has 0 atom stereocenters. The fourth-order valence-corrected chi connectivity index (χ4v) is 3.13. The lowest BCUT2D eigenvalue weighted by Gasteiger charge is -2.07. The van der Waals surface area contributed by atoms with Crippen LogP contribution in [0.25, 0.3) is 0 Å².